The van der Waals surface area contributed by atoms with E-state index in [9.17, 15) is 35.8 Å². The standard InChI is InChI=1S/C18H16F7NO2/c1-11-4-2-5-12(8-11)26(10-15(27)17(21,22)23)13-6-3-7-14(9-13)28-18(24,25)16(19)20/h2-9,15-16,27H,10H2,1H3/t15-/m1/s1. The van der Waals surface area contributed by atoms with Crippen molar-refractivity contribution in [3.63, 3.8) is 0 Å². The average Bonchev–Trinajstić information content (AvgIpc) is 2.58. The van der Waals surface area contributed by atoms with Crippen molar-refractivity contribution < 1.29 is 40.6 Å². The van der Waals surface area contributed by atoms with Crippen molar-refractivity contribution in [1.82, 2.24) is 0 Å². The van der Waals surface area contributed by atoms with Crippen molar-refractivity contribution in [2.45, 2.75) is 31.7 Å². The highest BCUT2D eigenvalue weighted by atomic mass is 19.4. The second-order valence-corrected chi connectivity index (χ2v) is 5.97. The maximum atomic E-state index is 13.1. The molecule has 2 aromatic carbocycles. The van der Waals surface area contributed by atoms with Crippen LogP contribution in [0.4, 0.5) is 42.1 Å². The number of ether oxygens (including phenoxy) is 1. The van der Waals surface area contributed by atoms with Gasteiger partial charge in [0.25, 0.3) is 0 Å². The first-order valence-corrected chi connectivity index (χ1v) is 7.94. The molecule has 0 unspecified atom stereocenters. The van der Waals surface area contributed by atoms with Gasteiger partial charge in [0.05, 0.1) is 6.54 Å². The Kier molecular flexibility index (Phi) is 6.43. The Morgan fingerprint density at radius 2 is 1.54 bits per heavy atom. The molecule has 10 heteroatoms. The van der Waals surface area contributed by atoms with Crippen LogP contribution < -0.4 is 9.64 Å². The van der Waals surface area contributed by atoms with Crippen LogP contribution in [0.5, 0.6) is 5.75 Å². The lowest BCUT2D eigenvalue weighted by molar-refractivity contribution is -0.253. The van der Waals surface area contributed by atoms with Crippen LogP contribution in [0.25, 0.3) is 0 Å². The second-order valence-electron chi connectivity index (χ2n) is 5.97. The second kappa shape index (κ2) is 8.26. The molecule has 0 aliphatic heterocycles. The normalized spacial score (nSPS) is 13.5. The number of hydrogen-bond donors (Lipinski definition) is 1. The minimum absolute atomic E-state index is 0.0588. The topological polar surface area (TPSA) is 32.7 Å². The molecule has 0 radical (unpaired) electrons. The Balaban J connectivity index is 2.42. The molecule has 2 aromatic rings. The average molecular weight is 411 g/mol. The van der Waals surface area contributed by atoms with Gasteiger partial charge in [-0.1, -0.05) is 18.2 Å². The van der Waals surface area contributed by atoms with Crippen LogP contribution in [0.1, 0.15) is 5.56 Å². The summed E-state index contributed by atoms with van der Waals surface area (Å²) in [7, 11) is 0. The van der Waals surface area contributed by atoms with E-state index in [2.05, 4.69) is 4.74 Å². The number of alkyl halides is 7. The summed E-state index contributed by atoms with van der Waals surface area (Å²) in [6.45, 7) is 0.742. The predicted octanol–water partition coefficient (Wildman–Crippen LogP) is 5.29. The van der Waals surface area contributed by atoms with Gasteiger partial charge in [-0.15, -0.1) is 0 Å². The Morgan fingerprint density at radius 1 is 0.964 bits per heavy atom. The fraction of sp³-hybridized carbons (Fsp3) is 0.333. The molecule has 0 amide bonds. The number of benzene rings is 2. The Morgan fingerprint density at radius 3 is 2.07 bits per heavy atom. The van der Waals surface area contributed by atoms with E-state index in [1.54, 1.807) is 19.1 Å². The summed E-state index contributed by atoms with van der Waals surface area (Å²) in [6.07, 6.45) is -16.5. The Bertz CT molecular complexity index is 795. The third kappa shape index (κ3) is 5.51. The van der Waals surface area contributed by atoms with Crippen molar-refractivity contribution in [3.05, 3.63) is 54.1 Å². The maximum absolute atomic E-state index is 13.1. The van der Waals surface area contributed by atoms with E-state index in [1.165, 1.54) is 18.2 Å². The SMILES string of the molecule is Cc1cccc(N(C[C@@H](O)C(F)(F)F)c2cccc(OC(F)(F)C(F)F)c2)c1. The Hall–Kier alpha value is -2.49. The summed E-state index contributed by atoms with van der Waals surface area (Å²) in [5, 5.41) is 9.46. The van der Waals surface area contributed by atoms with Crippen molar-refractivity contribution in [1.29, 1.82) is 0 Å². The third-order valence-electron chi connectivity index (χ3n) is 3.68. The van der Waals surface area contributed by atoms with Crippen molar-refractivity contribution in [2.24, 2.45) is 0 Å². The first kappa shape index (κ1) is 21.8. The van der Waals surface area contributed by atoms with E-state index >= 15 is 0 Å². The van der Waals surface area contributed by atoms with Gasteiger partial charge in [-0.05, 0) is 36.8 Å². The van der Waals surface area contributed by atoms with Crippen LogP contribution in [-0.2, 0) is 0 Å². The predicted molar refractivity (Wildman–Crippen MR) is 88.3 cm³/mol. The highest BCUT2D eigenvalue weighted by molar-refractivity contribution is 5.65. The summed E-state index contributed by atoms with van der Waals surface area (Å²) in [4.78, 5) is 1.03. The molecule has 2 rings (SSSR count). The molecule has 0 fully saturated rings. The number of nitrogens with zero attached hydrogens (tertiary/aromatic N) is 1. The van der Waals surface area contributed by atoms with E-state index in [0.29, 0.717) is 5.56 Å². The fourth-order valence-electron chi connectivity index (χ4n) is 2.35. The molecule has 1 atom stereocenters. The smallest absolute Gasteiger partial charge is 0.428 e. The summed E-state index contributed by atoms with van der Waals surface area (Å²) in [5.74, 6) is -0.665. The quantitative estimate of drug-likeness (QED) is 0.629. The Labute approximate surface area is 156 Å². The van der Waals surface area contributed by atoms with E-state index in [4.69, 9.17) is 0 Å². The number of rotatable bonds is 7. The molecule has 0 saturated carbocycles. The molecule has 0 bridgehead atoms. The van der Waals surface area contributed by atoms with Gasteiger partial charge in [-0.2, -0.15) is 30.7 Å². The molecule has 1 N–H and O–H groups in total. The summed E-state index contributed by atoms with van der Waals surface area (Å²) >= 11 is 0. The monoisotopic (exact) mass is 411 g/mol. The van der Waals surface area contributed by atoms with Crippen LogP contribution in [0.15, 0.2) is 48.5 Å². The van der Waals surface area contributed by atoms with Gasteiger partial charge in [0, 0.05) is 17.4 Å². The van der Waals surface area contributed by atoms with Gasteiger partial charge in [-0.25, -0.2) is 0 Å². The number of anilines is 2. The zero-order chi connectivity index (χ0) is 21.1. The van der Waals surface area contributed by atoms with Gasteiger partial charge >= 0.3 is 18.7 Å². The summed E-state index contributed by atoms with van der Waals surface area (Å²) in [5.41, 5.74) is 0.873. The van der Waals surface area contributed by atoms with Crippen LogP contribution in [-0.4, -0.2) is 36.5 Å². The molecule has 0 aliphatic rings. The fourth-order valence-corrected chi connectivity index (χ4v) is 2.35. The zero-order valence-electron chi connectivity index (χ0n) is 14.4. The number of hydrogen-bond acceptors (Lipinski definition) is 3. The molecule has 154 valence electrons. The van der Waals surface area contributed by atoms with Gasteiger partial charge in [0.15, 0.2) is 6.10 Å². The highest BCUT2D eigenvalue weighted by Gasteiger charge is 2.44. The molecule has 0 aromatic heterocycles. The van der Waals surface area contributed by atoms with Crippen molar-refractivity contribution >= 4 is 11.4 Å². The lowest BCUT2D eigenvalue weighted by Gasteiger charge is -2.29. The third-order valence-corrected chi connectivity index (χ3v) is 3.68. The van der Waals surface area contributed by atoms with E-state index in [1.807, 2.05) is 0 Å². The maximum Gasteiger partial charge on any atom is 0.461 e. The first-order valence-electron chi connectivity index (χ1n) is 7.94. The van der Waals surface area contributed by atoms with E-state index in [-0.39, 0.29) is 11.4 Å². The molecule has 3 nitrogen and oxygen atoms in total. The first-order chi connectivity index (χ1) is 12.9. The molecule has 28 heavy (non-hydrogen) atoms. The molecule has 0 spiro atoms. The number of aliphatic hydroxyl groups is 1. The lowest BCUT2D eigenvalue weighted by Crippen LogP contribution is -2.39. The number of aliphatic hydroxyl groups excluding tert-OH is 1. The highest BCUT2D eigenvalue weighted by Crippen LogP contribution is 2.34. The number of halogens is 7. The van der Waals surface area contributed by atoms with Crippen LogP contribution in [0, 0.1) is 6.92 Å². The van der Waals surface area contributed by atoms with Crippen LogP contribution in [0.3, 0.4) is 0 Å². The molecular formula is C18H16F7NO2. The van der Waals surface area contributed by atoms with Gasteiger partial charge in [-0.3, -0.25) is 0 Å². The van der Waals surface area contributed by atoms with E-state index in [0.717, 1.165) is 23.1 Å². The van der Waals surface area contributed by atoms with Gasteiger partial charge in [0.2, 0.25) is 0 Å². The summed E-state index contributed by atoms with van der Waals surface area (Å²) in [6, 6.07) is 10.5. The number of aryl methyl sites for hydroxylation is 1. The summed E-state index contributed by atoms with van der Waals surface area (Å²) < 4.78 is 93.4. The van der Waals surface area contributed by atoms with Gasteiger partial charge in [0.1, 0.15) is 5.75 Å². The minimum atomic E-state index is -4.92. The molecular weight excluding hydrogens is 395 g/mol. The van der Waals surface area contributed by atoms with Crippen LogP contribution >= 0.6 is 0 Å². The molecule has 0 heterocycles. The minimum Gasteiger partial charge on any atom is -0.428 e. The van der Waals surface area contributed by atoms with Crippen molar-refractivity contribution in [2.75, 3.05) is 11.4 Å². The van der Waals surface area contributed by atoms with Crippen molar-refractivity contribution in [3.8, 4) is 5.75 Å². The van der Waals surface area contributed by atoms with E-state index < -0.39 is 37.1 Å². The lowest BCUT2D eigenvalue weighted by atomic mass is 10.1. The van der Waals surface area contributed by atoms with Crippen LogP contribution in [0.2, 0.25) is 0 Å². The van der Waals surface area contributed by atoms with Gasteiger partial charge < -0.3 is 14.7 Å². The zero-order valence-corrected chi connectivity index (χ0v) is 14.4. The largest absolute Gasteiger partial charge is 0.461 e. The molecule has 0 aliphatic carbocycles. The molecule has 0 saturated heterocycles.